The molecule has 0 unspecified atom stereocenters. The third kappa shape index (κ3) is 3.91. The van der Waals surface area contributed by atoms with Gasteiger partial charge in [0.1, 0.15) is 0 Å². The molecule has 5 nitrogen and oxygen atoms in total. The number of allylic oxidation sites excluding steroid dienone is 1. The van der Waals surface area contributed by atoms with Crippen LogP contribution in [0.1, 0.15) is 25.3 Å². The normalized spacial score (nSPS) is 11.4. The first kappa shape index (κ1) is 15.7. The number of nitro groups is 1. The molecular weight excluding hydrogens is 282 g/mol. The van der Waals surface area contributed by atoms with Crippen LogP contribution in [0.3, 0.4) is 0 Å². The largest absolute Gasteiger partial charge is 0.466 e. The lowest BCUT2D eigenvalue weighted by molar-refractivity contribution is -0.426. The zero-order chi connectivity index (χ0) is 15.9. The summed E-state index contributed by atoms with van der Waals surface area (Å²) in [5.74, 6) is -0.423. The van der Waals surface area contributed by atoms with Crippen LogP contribution in [-0.4, -0.2) is 17.5 Å². The van der Waals surface area contributed by atoms with Crippen LogP contribution in [-0.2, 0) is 9.53 Å². The highest BCUT2D eigenvalue weighted by Gasteiger charge is 2.14. The monoisotopic (exact) mass is 299 g/mol. The van der Waals surface area contributed by atoms with Crippen molar-refractivity contribution in [2.45, 2.75) is 19.8 Å². The van der Waals surface area contributed by atoms with E-state index >= 15 is 0 Å². The van der Waals surface area contributed by atoms with Gasteiger partial charge in [-0.15, -0.1) is 0 Å². The molecule has 0 radical (unpaired) electrons. The molecule has 2 aromatic rings. The van der Waals surface area contributed by atoms with Gasteiger partial charge in [0.2, 0.25) is 5.70 Å². The Balaban J connectivity index is 2.29. The molecule has 22 heavy (non-hydrogen) atoms. The second-order valence-electron chi connectivity index (χ2n) is 4.77. The molecule has 0 N–H and O–H groups in total. The molecule has 0 aliphatic rings. The van der Waals surface area contributed by atoms with E-state index in [0.29, 0.717) is 0 Å². The number of hydrogen-bond acceptors (Lipinski definition) is 4. The van der Waals surface area contributed by atoms with Crippen molar-refractivity contribution in [2.75, 3.05) is 6.61 Å². The van der Waals surface area contributed by atoms with E-state index in [9.17, 15) is 14.9 Å². The van der Waals surface area contributed by atoms with E-state index in [0.717, 1.165) is 16.3 Å². The summed E-state index contributed by atoms with van der Waals surface area (Å²) >= 11 is 0. The van der Waals surface area contributed by atoms with Gasteiger partial charge in [-0.2, -0.15) is 0 Å². The first-order valence-corrected chi connectivity index (χ1v) is 7.10. The summed E-state index contributed by atoms with van der Waals surface area (Å²) in [5.41, 5.74) is 0.776. The summed E-state index contributed by atoms with van der Waals surface area (Å²) < 4.78 is 4.80. The highest BCUT2D eigenvalue weighted by Crippen LogP contribution is 2.22. The third-order valence-electron chi connectivity index (χ3n) is 3.27. The minimum Gasteiger partial charge on any atom is -0.466 e. The minimum atomic E-state index is -0.443. The number of benzene rings is 2. The Labute approximate surface area is 128 Å². The number of hydrogen-bond donors (Lipinski definition) is 0. The Morgan fingerprint density at radius 2 is 1.91 bits per heavy atom. The maximum atomic E-state index is 11.4. The standard InChI is InChI=1S/C17H17NO4/c1-2-22-17(19)11-10-15(18(20)21)12-14-8-5-7-13-6-3-4-9-16(13)14/h3-9,12H,2,10-11H2,1H3. The average molecular weight is 299 g/mol. The van der Waals surface area contributed by atoms with Crippen LogP contribution in [0.15, 0.2) is 48.2 Å². The Hall–Kier alpha value is -2.69. The van der Waals surface area contributed by atoms with E-state index in [1.807, 2.05) is 42.5 Å². The van der Waals surface area contributed by atoms with Crippen molar-refractivity contribution in [3.05, 3.63) is 63.8 Å². The number of esters is 1. The fourth-order valence-corrected chi connectivity index (χ4v) is 2.24. The number of carbonyl (C=O) groups is 1. The van der Waals surface area contributed by atoms with Gasteiger partial charge in [0.05, 0.1) is 18.0 Å². The van der Waals surface area contributed by atoms with Crippen LogP contribution in [0.2, 0.25) is 0 Å². The molecule has 0 amide bonds. The van der Waals surface area contributed by atoms with Crippen LogP contribution >= 0.6 is 0 Å². The number of carbonyl (C=O) groups excluding carboxylic acids is 1. The second kappa shape index (κ2) is 7.36. The molecule has 0 atom stereocenters. The van der Waals surface area contributed by atoms with Crippen LogP contribution in [0.4, 0.5) is 0 Å². The predicted molar refractivity (Wildman–Crippen MR) is 84.8 cm³/mol. The summed E-state index contributed by atoms with van der Waals surface area (Å²) in [5, 5.41) is 13.2. The molecule has 0 aliphatic heterocycles. The summed E-state index contributed by atoms with van der Waals surface area (Å²) in [4.78, 5) is 22.1. The molecule has 0 bridgehead atoms. The Morgan fingerprint density at radius 1 is 1.18 bits per heavy atom. The van der Waals surface area contributed by atoms with E-state index in [1.165, 1.54) is 6.08 Å². The van der Waals surface area contributed by atoms with E-state index in [2.05, 4.69) is 0 Å². The number of rotatable bonds is 6. The van der Waals surface area contributed by atoms with E-state index in [-0.39, 0.29) is 25.1 Å². The Kier molecular flexibility index (Phi) is 5.25. The zero-order valence-electron chi connectivity index (χ0n) is 12.3. The zero-order valence-corrected chi connectivity index (χ0v) is 12.3. The lowest BCUT2D eigenvalue weighted by atomic mass is 10.0. The van der Waals surface area contributed by atoms with Gasteiger partial charge in [-0.25, -0.2) is 0 Å². The summed E-state index contributed by atoms with van der Waals surface area (Å²) in [7, 11) is 0. The van der Waals surface area contributed by atoms with Crippen molar-refractivity contribution >= 4 is 22.8 Å². The van der Waals surface area contributed by atoms with Crippen LogP contribution < -0.4 is 0 Å². The van der Waals surface area contributed by atoms with E-state index in [1.54, 1.807) is 6.92 Å². The van der Waals surface area contributed by atoms with Crippen molar-refractivity contribution in [1.82, 2.24) is 0 Å². The molecule has 0 heterocycles. The molecular formula is C17H17NO4. The lowest BCUT2D eigenvalue weighted by Gasteiger charge is -2.03. The van der Waals surface area contributed by atoms with Crippen molar-refractivity contribution < 1.29 is 14.5 Å². The fraction of sp³-hybridized carbons (Fsp3) is 0.235. The topological polar surface area (TPSA) is 69.4 Å². The molecule has 0 aliphatic carbocycles. The fourth-order valence-electron chi connectivity index (χ4n) is 2.24. The summed E-state index contributed by atoms with van der Waals surface area (Å²) in [6.07, 6.45) is 1.59. The van der Waals surface area contributed by atoms with Gasteiger partial charge in [-0.05, 0) is 23.3 Å². The highest BCUT2D eigenvalue weighted by atomic mass is 16.6. The quantitative estimate of drug-likeness (QED) is 0.462. The third-order valence-corrected chi connectivity index (χ3v) is 3.27. The van der Waals surface area contributed by atoms with Gasteiger partial charge in [0.15, 0.2) is 0 Å². The molecule has 114 valence electrons. The van der Waals surface area contributed by atoms with Crippen molar-refractivity contribution in [2.24, 2.45) is 0 Å². The molecule has 0 saturated carbocycles. The first-order valence-electron chi connectivity index (χ1n) is 7.10. The Bertz CT molecular complexity index is 716. The minimum absolute atomic E-state index is 0.00408. The van der Waals surface area contributed by atoms with E-state index in [4.69, 9.17) is 4.74 Å². The number of nitrogens with zero attached hydrogens (tertiary/aromatic N) is 1. The summed E-state index contributed by atoms with van der Waals surface area (Å²) in [6.45, 7) is 1.98. The molecule has 0 aromatic heterocycles. The molecule has 2 aromatic carbocycles. The van der Waals surface area contributed by atoms with Gasteiger partial charge in [-0.3, -0.25) is 14.9 Å². The molecule has 2 rings (SSSR count). The lowest BCUT2D eigenvalue weighted by Crippen LogP contribution is -2.07. The van der Waals surface area contributed by atoms with Crippen molar-refractivity contribution in [3.63, 3.8) is 0 Å². The van der Waals surface area contributed by atoms with Crippen molar-refractivity contribution in [1.29, 1.82) is 0 Å². The average Bonchev–Trinajstić information content (AvgIpc) is 2.51. The van der Waals surface area contributed by atoms with Gasteiger partial charge in [-0.1, -0.05) is 42.5 Å². The second-order valence-corrected chi connectivity index (χ2v) is 4.77. The number of ether oxygens (including phenoxy) is 1. The van der Waals surface area contributed by atoms with Crippen LogP contribution in [0.5, 0.6) is 0 Å². The predicted octanol–water partition coefficient (Wildman–Crippen LogP) is 3.80. The molecule has 0 fully saturated rings. The van der Waals surface area contributed by atoms with Crippen LogP contribution in [0, 0.1) is 10.1 Å². The van der Waals surface area contributed by atoms with Gasteiger partial charge >= 0.3 is 5.97 Å². The smallest absolute Gasteiger partial charge is 0.306 e. The molecule has 0 saturated heterocycles. The SMILES string of the molecule is CCOC(=O)CCC(=Cc1cccc2ccccc12)[N+](=O)[O-]. The first-order chi connectivity index (χ1) is 10.6. The maximum absolute atomic E-state index is 11.4. The van der Waals surface area contributed by atoms with E-state index < -0.39 is 10.9 Å². The summed E-state index contributed by atoms with van der Waals surface area (Å²) in [6, 6.07) is 13.3. The molecule has 0 spiro atoms. The van der Waals surface area contributed by atoms with Crippen LogP contribution in [0.25, 0.3) is 16.8 Å². The highest BCUT2D eigenvalue weighted by molar-refractivity contribution is 5.90. The maximum Gasteiger partial charge on any atom is 0.306 e. The van der Waals surface area contributed by atoms with Gasteiger partial charge in [0.25, 0.3) is 0 Å². The van der Waals surface area contributed by atoms with Gasteiger partial charge in [0, 0.05) is 12.5 Å². The Morgan fingerprint density at radius 3 is 2.64 bits per heavy atom. The van der Waals surface area contributed by atoms with Crippen molar-refractivity contribution in [3.8, 4) is 0 Å². The number of fused-ring (bicyclic) bond motifs is 1. The molecule has 5 heteroatoms. The van der Waals surface area contributed by atoms with Gasteiger partial charge < -0.3 is 4.74 Å².